The predicted octanol–water partition coefficient (Wildman–Crippen LogP) is 6.24. The summed E-state index contributed by atoms with van der Waals surface area (Å²) in [5.41, 5.74) is 1.89. The lowest BCUT2D eigenvalue weighted by Crippen LogP contribution is -2.47. The van der Waals surface area contributed by atoms with E-state index in [4.69, 9.17) is 9.53 Å². The molecule has 0 aliphatic carbocycles. The van der Waals surface area contributed by atoms with E-state index in [0.29, 0.717) is 6.42 Å². The van der Waals surface area contributed by atoms with Crippen LogP contribution in [0.5, 0.6) is 0 Å². The fraction of sp³-hybridized carbons (Fsp3) is 0.739. The number of carboxylic acid groups (broad SMARTS) is 1. The van der Waals surface area contributed by atoms with Gasteiger partial charge in [-0.15, -0.1) is 0 Å². The number of Topliss-reactive ketones (excluding diaryl/α,β-unsaturated/α-hetero) is 1. The smallest absolute Gasteiger partial charge is 0.306 e. The van der Waals surface area contributed by atoms with E-state index in [2.05, 4.69) is 40.4 Å². The van der Waals surface area contributed by atoms with Crippen molar-refractivity contribution >= 4 is 20.1 Å². The van der Waals surface area contributed by atoms with E-state index in [1.54, 1.807) is 6.92 Å². The summed E-state index contributed by atoms with van der Waals surface area (Å²) >= 11 is 0. The molecule has 28 heavy (non-hydrogen) atoms. The third-order valence-corrected chi connectivity index (χ3v) is 10.5. The van der Waals surface area contributed by atoms with Gasteiger partial charge in [0.2, 0.25) is 0 Å². The van der Waals surface area contributed by atoms with Gasteiger partial charge in [-0.1, -0.05) is 66.7 Å². The second kappa shape index (κ2) is 10.5. The average molecular weight is 411 g/mol. The highest BCUT2D eigenvalue weighted by Crippen LogP contribution is 2.39. The highest BCUT2D eigenvalue weighted by atomic mass is 28.4. The molecule has 0 aromatic carbocycles. The SMILES string of the molecule is C=C(CC)[C@@H](O[Si](C)(C)C(C)(C)C)[C@H](C)C(=O)[C@H](C)/C=C(\C)C[C@H](C)C(=O)O. The van der Waals surface area contributed by atoms with Crippen LogP contribution in [0.1, 0.15) is 68.2 Å². The van der Waals surface area contributed by atoms with Crippen molar-refractivity contribution in [2.75, 3.05) is 0 Å². The van der Waals surface area contributed by atoms with Gasteiger partial charge in [-0.25, -0.2) is 0 Å². The number of carbonyl (C=O) groups excluding carboxylic acids is 1. The minimum atomic E-state index is -2.05. The zero-order valence-electron chi connectivity index (χ0n) is 19.7. The van der Waals surface area contributed by atoms with Crippen molar-refractivity contribution in [1.29, 1.82) is 0 Å². The maximum atomic E-state index is 13.1. The van der Waals surface area contributed by atoms with Crippen LogP contribution < -0.4 is 0 Å². The molecule has 0 aliphatic heterocycles. The summed E-state index contributed by atoms with van der Waals surface area (Å²) in [6.45, 7) is 24.6. The van der Waals surface area contributed by atoms with E-state index < -0.39 is 20.2 Å². The fourth-order valence-electron chi connectivity index (χ4n) is 2.95. The summed E-state index contributed by atoms with van der Waals surface area (Å²) < 4.78 is 6.61. The molecule has 0 bridgehead atoms. The van der Waals surface area contributed by atoms with Gasteiger partial charge in [0.05, 0.1) is 12.0 Å². The van der Waals surface area contributed by atoms with E-state index >= 15 is 0 Å². The fourth-order valence-corrected chi connectivity index (χ4v) is 4.30. The monoisotopic (exact) mass is 410 g/mol. The first-order valence-electron chi connectivity index (χ1n) is 10.3. The predicted molar refractivity (Wildman–Crippen MR) is 120 cm³/mol. The molecule has 0 rings (SSSR count). The molecule has 0 aromatic heterocycles. The first-order valence-corrected chi connectivity index (χ1v) is 13.2. The second-order valence-corrected chi connectivity index (χ2v) is 14.5. The van der Waals surface area contributed by atoms with Gasteiger partial charge < -0.3 is 9.53 Å². The van der Waals surface area contributed by atoms with Gasteiger partial charge in [-0.05, 0) is 43.5 Å². The lowest BCUT2D eigenvalue weighted by atomic mass is 9.86. The molecule has 0 amide bonds. The Morgan fingerprint density at radius 2 is 1.68 bits per heavy atom. The number of ketones is 1. The van der Waals surface area contributed by atoms with Crippen LogP contribution in [0.3, 0.4) is 0 Å². The number of aliphatic carboxylic acids is 1. The Kier molecular flexibility index (Phi) is 10.1. The average Bonchev–Trinajstić information content (AvgIpc) is 2.56. The summed E-state index contributed by atoms with van der Waals surface area (Å²) in [6.07, 6.45) is 2.84. The second-order valence-electron chi connectivity index (χ2n) is 9.75. The van der Waals surface area contributed by atoms with Crippen LogP contribution >= 0.6 is 0 Å². The van der Waals surface area contributed by atoms with Crippen molar-refractivity contribution in [3.05, 3.63) is 23.8 Å². The van der Waals surface area contributed by atoms with Gasteiger partial charge in [-0.2, -0.15) is 0 Å². The van der Waals surface area contributed by atoms with Gasteiger partial charge >= 0.3 is 5.97 Å². The summed E-state index contributed by atoms with van der Waals surface area (Å²) in [6, 6.07) is 0. The first-order chi connectivity index (χ1) is 12.5. The Morgan fingerprint density at radius 3 is 2.07 bits per heavy atom. The molecule has 0 unspecified atom stereocenters. The highest BCUT2D eigenvalue weighted by molar-refractivity contribution is 6.74. The normalized spacial score (nSPS) is 17.6. The third kappa shape index (κ3) is 7.67. The number of hydrogen-bond donors (Lipinski definition) is 1. The van der Waals surface area contributed by atoms with Gasteiger partial charge in [0.15, 0.2) is 8.32 Å². The molecule has 4 nitrogen and oxygen atoms in total. The van der Waals surface area contributed by atoms with Crippen LogP contribution in [0.2, 0.25) is 18.1 Å². The molecule has 0 heterocycles. The zero-order chi connectivity index (χ0) is 22.4. The van der Waals surface area contributed by atoms with Crippen LogP contribution in [0.4, 0.5) is 0 Å². The number of carbonyl (C=O) groups is 2. The number of carboxylic acids is 1. The quantitative estimate of drug-likeness (QED) is 0.323. The zero-order valence-corrected chi connectivity index (χ0v) is 20.7. The molecule has 0 saturated carbocycles. The first kappa shape index (κ1) is 26.8. The number of rotatable bonds is 11. The molecule has 1 N–H and O–H groups in total. The van der Waals surface area contributed by atoms with Crippen molar-refractivity contribution in [3.63, 3.8) is 0 Å². The topological polar surface area (TPSA) is 63.6 Å². The Labute approximate surface area is 173 Å². The lowest BCUT2D eigenvalue weighted by Gasteiger charge is -2.41. The highest BCUT2D eigenvalue weighted by Gasteiger charge is 2.42. The minimum absolute atomic E-state index is 0.0527. The molecule has 0 spiro atoms. The van der Waals surface area contributed by atoms with Crippen LogP contribution in [-0.2, 0) is 14.0 Å². The standard InChI is InChI=1S/C23H42O4Si/c1-12-16(3)21(27-28(10,11)23(7,8)9)19(6)20(24)17(4)13-15(2)14-18(5)22(25)26/h13,17-19,21H,3,12,14H2,1-2,4-11H3,(H,25,26)/b15-13+/t17-,18+,19-,21-/m1/s1. The van der Waals surface area contributed by atoms with E-state index in [-0.39, 0.29) is 28.8 Å². The molecule has 4 atom stereocenters. The molecule has 162 valence electrons. The molecule has 0 fully saturated rings. The molecule has 0 radical (unpaired) electrons. The lowest BCUT2D eigenvalue weighted by molar-refractivity contribution is -0.141. The Bertz CT molecular complexity index is 598. The Balaban J connectivity index is 5.48. The molecular weight excluding hydrogens is 368 g/mol. The van der Waals surface area contributed by atoms with E-state index in [9.17, 15) is 9.59 Å². The molecule has 0 saturated heterocycles. The minimum Gasteiger partial charge on any atom is -0.481 e. The van der Waals surface area contributed by atoms with Crippen LogP contribution in [0.25, 0.3) is 0 Å². The Morgan fingerprint density at radius 1 is 1.18 bits per heavy atom. The maximum Gasteiger partial charge on any atom is 0.306 e. The molecule has 0 aromatic rings. The summed E-state index contributed by atoms with van der Waals surface area (Å²) in [4.78, 5) is 24.2. The van der Waals surface area contributed by atoms with Crippen molar-refractivity contribution in [1.82, 2.24) is 0 Å². The number of hydrogen-bond acceptors (Lipinski definition) is 3. The van der Waals surface area contributed by atoms with Crippen LogP contribution in [0.15, 0.2) is 23.8 Å². The van der Waals surface area contributed by atoms with Crippen LogP contribution in [0, 0.1) is 17.8 Å². The molecule has 0 aliphatic rings. The maximum absolute atomic E-state index is 13.1. The van der Waals surface area contributed by atoms with Crippen molar-refractivity contribution in [2.24, 2.45) is 17.8 Å². The van der Waals surface area contributed by atoms with E-state index in [1.807, 2.05) is 33.8 Å². The van der Waals surface area contributed by atoms with E-state index in [1.165, 1.54) is 0 Å². The largest absolute Gasteiger partial charge is 0.481 e. The summed E-state index contributed by atoms with van der Waals surface area (Å²) in [7, 11) is -2.05. The van der Waals surface area contributed by atoms with Crippen molar-refractivity contribution < 1.29 is 19.1 Å². The van der Waals surface area contributed by atoms with E-state index in [0.717, 1.165) is 17.6 Å². The molecular formula is C23H42O4Si. The van der Waals surface area contributed by atoms with Gasteiger partial charge in [0.25, 0.3) is 0 Å². The summed E-state index contributed by atoms with van der Waals surface area (Å²) in [5, 5.41) is 9.13. The molecule has 5 heteroatoms. The van der Waals surface area contributed by atoms with Gasteiger partial charge in [0.1, 0.15) is 5.78 Å². The van der Waals surface area contributed by atoms with Gasteiger partial charge in [-0.3, -0.25) is 9.59 Å². The third-order valence-electron chi connectivity index (χ3n) is 6.02. The Hall–Kier alpha value is -1.20. The van der Waals surface area contributed by atoms with Crippen LogP contribution in [-0.4, -0.2) is 31.3 Å². The summed E-state index contributed by atoms with van der Waals surface area (Å²) in [5.74, 6) is -1.74. The number of allylic oxidation sites excluding steroid dienone is 2. The van der Waals surface area contributed by atoms with Crippen molar-refractivity contribution in [3.8, 4) is 0 Å². The van der Waals surface area contributed by atoms with Gasteiger partial charge in [0, 0.05) is 11.8 Å². The van der Waals surface area contributed by atoms with Crippen molar-refractivity contribution in [2.45, 2.75) is 92.5 Å².